The predicted molar refractivity (Wildman–Crippen MR) is 120 cm³/mol. The van der Waals surface area contributed by atoms with E-state index < -0.39 is 5.91 Å². The molecule has 0 aromatic heterocycles. The van der Waals surface area contributed by atoms with Crippen LogP contribution in [0, 0.1) is 0 Å². The molecule has 0 aliphatic carbocycles. The van der Waals surface area contributed by atoms with Gasteiger partial charge < -0.3 is 16.0 Å². The zero-order valence-electron chi connectivity index (χ0n) is 16.6. The second-order valence-corrected chi connectivity index (χ2v) is 7.36. The molecule has 3 rings (SSSR count). The molecule has 0 unspecified atom stereocenters. The lowest BCUT2D eigenvalue weighted by atomic mass is 10.1. The number of primary amides is 1. The summed E-state index contributed by atoms with van der Waals surface area (Å²) in [5.74, 6) is -0.609. The summed E-state index contributed by atoms with van der Waals surface area (Å²) in [6.45, 7) is 1.27. The quantitative estimate of drug-likeness (QED) is 0.545. The third kappa shape index (κ3) is 6.09. The van der Waals surface area contributed by atoms with E-state index in [9.17, 15) is 9.59 Å². The maximum atomic E-state index is 13.0. The summed E-state index contributed by atoms with van der Waals surface area (Å²) in [5, 5.41) is 3.34. The van der Waals surface area contributed by atoms with Crippen molar-refractivity contribution in [2.75, 3.05) is 18.4 Å². The summed E-state index contributed by atoms with van der Waals surface area (Å²) in [6, 6.07) is 24.9. The third-order valence-electron chi connectivity index (χ3n) is 4.76. The fraction of sp³-hybridized carbons (Fsp3) is 0.167. The van der Waals surface area contributed by atoms with E-state index in [1.807, 2.05) is 53.4 Å². The van der Waals surface area contributed by atoms with Gasteiger partial charge in [-0.3, -0.25) is 9.59 Å². The van der Waals surface area contributed by atoms with Crippen LogP contribution in [0.25, 0.3) is 0 Å². The van der Waals surface area contributed by atoms with E-state index in [1.54, 1.807) is 18.2 Å². The summed E-state index contributed by atoms with van der Waals surface area (Å²) < 4.78 is 0. The normalized spacial score (nSPS) is 10.4. The number of carbonyl (C=O) groups excluding carboxylic acids is 2. The van der Waals surface area contributed by atoms with E-state index in [2.05, 4.69) is 17.4 Å². The van der Waals surface area contributed by atoms with Gasteiger partial charge in [-0.15, -0.1) is 0 Å². The van der Waals surface area contributed by atoms with Crippen LogP contribution in [-0.4, -0.2) is 29.8 Å². The van der Waals surface area contributed by atoms with Crippen molar-refractivity contribution in [1.82, 2.24) is 4.90 Å². The van der Waals surface area contributed by atoms with Crippen LogP contribution in [0.5, 0.6) is 0 Å². The van der Waals surface area contributed by atoms with Crippen LogP contribution in [0.2, 0.25) is 5.02 Å². The maximum Gasteiger partial charge on any atom is 0.250 e. The van der Waals surface area contributed by atoms with Gasteiger partial charge in [0.05, 0.1) is 17.1 Å². The summed E-state index contributed by atoms with van der Waals surface area (Å²) in [6.07, 6.45) is 0.776. The molecule has 0 saturated carbocycles. The zero-order valence-corrected chi connectivity index (χ0v) is 17.3. The van der Waals surface area contributed by atoms with Gasteiger partial charge in [-0.25, -0.2) is 0 Å². The minimum atomic E-state index is -0.586. The van der Waals surface area contributed by atoms with Gasteiger partial charge >= 0.3 is 0 Å². The Morgan fingerprint density at radius 1 is 0.900 bits per heavy atom. The first-order valence-corrected chi connectivity index (χ1v) is 10.1. The molecule has 0 spiro atoms. The summed E-state index contributed by atoms with van der Waals surface area (Å²) >= 11 is 6.09. The van der Waals surface area contributed by atoms with Crippen molar-refractivity contribution >= 4 is 29.1 Å². The molecule has 5 nitrogen and oxygen atoms in total. The first-order valence-electron chi connectivity index (χ1n) is 9.72. The summed E-state index contributed by atoms with van der Waals surface area (Å²) in [4.78, 5) is 26.1. The number of amides is 2. The fourth-order valence-electron chi connectivity index (χ4n) is 3.12. The number of halogens is 1. The standard InChI is InChI=1S/C24H24ClN3O2/c25-22-15-20(11-12-21(22)24(26)30)27-16-23(29)28(17-19-9-5-2-6-10-19)14-13-18-7-3-1-4-8-18/h1-12,15,27H,13-14,16-17H2,(H2,26,30). The number of nitrogens with one attached hydrogen (secondary N) is 1. The number of hydrogen-bond acceptors (Lipinski definition) is 3. The van der Waals surface area contributed by atoms with E-state index >= 15 is 0 Å². The van der Waals surface area contributed by atoms with Gasteiger partial charge in [0.25, 0.3) is 0 Å². The number of rotatable bonds is 9. The Morgan fingerprint density at radius 3 is 2.13 bits per heavy atom. The SMILES string of the molecule is NC(=O)c1ccc(NCC(=O)N(CCc2ccccc2)Cc2ccccc2)cc1Cl. The molecule has 6 heteroatoms. The monoisotopic (exact) mass is 421 g/mol. The number of nitrogens with zero attached hydrogens (tertiary/aromatic N) is 1. The molecule has 2 amide bonds. The number of hydrogen-bond donors (Lipinski definition) is 2. The third-order valence-corrected chi connectivity index (χ3v) is 5.07. The molecule has 0 saturated heterocycles. The highest BCUT2D eigenvalue weighted by Crippen LogP contribution is 2.20. The van der Waals surface area contributed by atoms with Gasteiger partial charge in [0.15, 0.2) is 0 Å². The lowest BCUT2D eigenvalue weighted by Gasteiger charge is -2.23. The first-order chi connectivity index (χ1) is 14.5. The molecule has 0 aliphatic rings. The van der Waals surface area contributed by atoms with Crippen molar-refractivity contribution in [2.45, 2.75) is 13.0 Å². The van der Waals surface area contributed by atoms with Gasteiger partial charge in [0.2, 0.25) is 11.8 Å². The minimum absolute atomic E-state index is 0.0233. The Morgan fingerprint density at radius 2 is 1.53 bits per heavy atom. The molecule has 3 aromatic rings. The van der Waals surface area contributed by atoms with Crippen LogP contribution in [-0.2, 0) is 17.8 Å². The molecule has 0 fully saturated rings. The number of anilines is 1. The number of benzene rings is 3. The van der Waals surface area contributed by atoms with Crippen LogP contribution >= 0.6 is 11.6 Å². The Labute approximate surface area is 181 Å². The van der Waals surface area contributed by atoms with Crippen LogP contribution < -0.4 is 11.1 Å². The average Bonchev–Trinajstić information content (AvgIpc) is 2.76. The Hall–Kier alpha value is -3.31. The second kappa shape index (κ2) is 10.5. The van der Waals surface area contributed by atoms with Crippen LogP contribution in [0.1, 0.15) is 21.5 Å². The molecule has 0 heterocycles. The Balaban J connectivity index is 1.66. The van der Waals surface area contributed by atoms with Crippen molar-refractivity contribution in [3.05, 3.63) is 101 Å². The van der Waals surface area contributed by atoms with Gasteiger partial charge in [-0.05, 0) is 35.7 Å². The Bertz CT molecular complexity index is 994. The molecule has 0 atom stereocenters. The van der Waals surface area contributed by atoms with Gasteiger partial charge in [0.1, 0.15) is 0 Å². The smallest absolute Gasteiger partial charge is 0.250 e. The topological polar surface area (TPSA) is 75.4 Å². The molecular weight excluding hydrogens is 398 g/mol. The van der Waals surface area contributed by atoms with Gasteiger partial charge in [-0.2, -0.15) is 0 Å². The maximum absolute atomic E-state index is 13.0. The zero-order chi connectivity index (χ0) is 21.3. The molecule has 0 radical (unpaired) electrons. The Kier molecular flexibility index (Phi) is 7.46. The molecule has 3 N–H and O–H groups in total. The lowest BCUT2D eigenvalue weighted by Crippen LogP contribution is -2.36. The second-order valence-electron chi connectivity index (χ2n) is 6.95. The highest BCUT2D eigenvalue weighted by molar-refractivity contribution is 6.34. The van der Waals surface area contributed by atoms with Crippen molar-refractivity contribution < 1.29 is 9.59 Å². The minimum Gasteiger partial charge on any atom is -0.376 e. The van der Waals surface area contributed by atoms with Crippen molar-refractivity contribution in [1.29, 1.82) is 0 Å². The first kappa shape index (κ1) is 21.4. The van der Waals surface area contributed by atoms with E-state index in [-0.39, 0.29) is 23.0 Å². The molecule has 0 aliphatic heterocycles. The van der Waals surface area contributed by atoms with Crippen LogP contribution in [0.3, 0.4) is 0 Å². The number of nitrogens with two attached hydrogens (primary N) is 1. The average molecular weight is 422 g/mol. The molecular formula is C24H24ClN3O2. The summed E-state index contributed by atoms with van der Waals surface area (Å²) in [5.41, 5.74) is 8.44. The summed E-state index contributed by atoms with van der Waals surface area (Å²) in [7, 11) is 0. The highest BCUT2D eigenvalue weighted by Gasteiger charge is 2.15. The molecule has 30 heavy (non-hydrogen) atoms. The molecule has 0 bridgehead atoms. The lowest BCUT2D eigenvalue weighted by molar-refractivity contribution is -0.129. The van der Waals surface area contributed by atoms with Crippen molar-refractivity contribution in [3.63, 3.8) is 0 Å². The van der Waals surface area contributed by atoms with E-state index in [0.29, 0.717) is 18.8 Å². The largest absolute Gasteiger partial charge is 0.376 e. The molecule has 154 valence electrons. The molecule has 3 aromatic carbocycles. The van der Waals surface area contributed by atoms with Crippen molar-refractivity contribution in [2.24, 2.45) is 5.73 Å². The van der Waals surface area contributed by atoms with E-state index in [4.69, 9.17) is 17.3 Å². The van der Waals surface area contributed by atoms with Gasteiger partial charge in [0, 0.05) is 18.8 Å². The van der Waals surface area contributed by atoms with Crippen molar-refractivity contribution in [3.8, 4) is 0 Å². The van der Waals surface area contributed by atoms with Crippen LogP contribution in [0.15, 0.2) is 78.9 Å². The number of carbonyl (C=O) groups is 2. The van der Waals surface area contributed by atoms with Crippen LogP contribution in [0.4, 0.5) is 5.69 Å². The van der Waals surface area contributed by atoms with E-state index in [1.165, 1.54) is 5.56 Å². The predicted octanol–water partition coefficient (Wildman–Crippen LogP) is 4.12. The highest BCUT2D eigenvalue weighted by atomic mass is 35.5. The van der Waals surface area contributed by atoms with E-state index in [0.717, 1.165) is 12.0 Å². The fourth-order valence-corrected chi connectivity index (χ4v) is 3.39. The van der Waals surface area contributed by atoms with Gasteiger partial charge in [-0.1, -0.05) is 72.3 Å².